The molecule has 3 saturated heterocycles. The number of anilines is 2. The Morgan fingerprint density at radius 1 is 0.783 bits per heavy atom. The van der Waals surface area contributed by atoms with Gasteiger partial charge in [0.2, 0.25) is 0 Å². The molecule has 2 aromatic heterocycles. The maximum atomic E-state index is 12.0. The minimum Gasteiger partial charge on any atom is -0.413 e. The lowest BCUT2D eigenvalue weighted by Crippen LogP contribution is -2.52. The summed E-state index contributed by atoms with van der Waals surface area (Å²) in [6, 6.07) is 0. The number of hydrogen-bond acceptors (Lipinski definition) is 12. The summed E-state index contributed by atoms with van der Waals surface area (Å²) in [6.45, 7) is 37.2. The minimum absolute atomic E-state index is 0.0124. The van der Waals surface area contributed by atoms with Gasteiger partial charge in [-0.15, -0.1) is 0 Å². The molecule has 0 saturated carbocycles. The summed E-state index contributed by atoms with van der Waals surface area (Å²) in [6.07, 6.45) is 8.89. The van der Waals surface area contributed by atoms with E-state index in [9.17, 15) is 19.2 Å². The second-order valence-electron chi connectivity index (χ2n) is 19.9. The lowest BCUT2D eigenvalue weighted by Gasteiger charge is -2.38. The average molecular weight is 934 g/mol. The van der Waals surface area contributed by atoms with Crippen molar-refractivity contribution in [1.29, 1.82) is 0 Å². The SMILES string of the molecule is CC(=O)C1CN(c2nc(/C=C/CO[Si](C)(C)C(C)(C)C)c[nH]c2=O)C1.CC(=O)C1CN(c2nc(Br)c[nH]c2=O)C1.CC1(C)OB(/C=C/CO[Si](C)(C)C(C)(C)C)OC1(C)C. The smallest absolute Gasteiger partial charge is 0.413 e. The number of aromatic amines is 2. The first-order chi connectivity index (χ1) is 27.4. The van der Waals surface area contributed by atoms with E-state index >= 15 is 0 Å². The molecule has 334 valence electrons. The number of nitrogens with zero attached hydrogens (tertiary/aromatic N) is 4. The van der Waals surface area contributed by atoms with Crippen molar-refractivity contribution in [2.75, 3.05) is 49.2 Å². The highest BCUT2D eigenvalue weighted by Crippen LogP contribution is 2.38. The normalized spacial score (nSPS) is 18.4. The molecule has 2 aromatic rings. The molecule has 0 unspecified atom stereocenters. The van der Waals surface area contributed by atoms with E-state index in [2.05, 4.69) is 131 Å². The molecule has 0 amide bonds. The van der Waals surface area contributed by atoms with Gasteiger partial charge < -0.3 is 37.9 Å². The zero-order chi connectivity index (χ0) is 45.6. The number of carbonyl (C=O) groups excluding carboxylic acids is 2. The standard InChI is InChI=1S/C18H29N3O3Si.C15H31BO3Si.C9H10BrN3O2/c1-13(22)14-11-21(12-14)16-17(23)19-10-15(20-16)8-7-9-24-25(5,6)18(2,3)4;1-13(2,3)20(8,9)17-12-10-11-16-18-14(4,5)15(6,7)19-16;1-5(14)6-3-13(4-6)8-9(15)11-2-7(10)12-8/h7-8,10,14H,9,11-12H2,1-6H3,(H,19,23);10-11H,12H2,1-9H3;2,6H,3-4H2,1H3,(H,11,15)/b8-7+;11-10+;. The van der Waals surface area contributed by atoms with Crippen molar-refractivity contribution in [3.05, 3.63) is 61.5 Å². The fourth-order valence-corrected chi connectivity index (χ4v) is 7.54. The van der Waals surface area contributed by atoms with E-state index in [0.717, 1.165) is 0 Å². The third-order valence-corrected chi connectivity index (χ3v) is 22.0. The monoisotopic (exact) mass is 932 g/mol. The second kappa shape index (κ2) is 20.0. The number of ketones is 2. The van der Waals surface area contributed by atoms with Crippen LogP contribution in [0, 0.1) is 11.8 Å². The zero-order valence-corrected chi connectivity index (χ0v) is 42.5. The van der Waals surface area contributed by atoms with Crippen LogP contribution in [0.1, 0.15) is 88.8 Å². The van der Waals surface area contributed by atoms with Crippen molar-refractivity contribution in [2.45, 2.75) is 131 Å². The number of nitrogens with one attached hydrogen (secondary N) is 2. The molecule has 0 spiro atoms. The maximum absolute atomic E-state index is 12.0. The summed E-state index contributed by atoms with van der Waals surface area (Å²) in [4.78, 5) is 63.1. The summed E-state index contributed by atoms with van der Waals surface area (Å²) >= 11 is 3.19. The first-order valence-electron chi connectivity index (χ1n) is 20.7. The van der Waals surface area contributed by atoms with E-state index in [4.69, 9.17) is 18.2 Å². The molecule has 3 fully saturated rings. The van der Waals surface area contributed by atoms with E-state index < -0.39 is 16.6 Å². The van der Waals surface area contributed by atoms with Crippen LogP contribution in [0.5, 0.6) is 0 Å². The van der Waals surface area contributed by atoms with Gasteiger partial charge in [0, 0.05) is 38.6 Å². The molecule has 0 bridgehead atoms. The van der Waals surface area contributed by atoms with Crippen LogP contribution in [-0.4, -0.2) is 106 Å². The maximum Gasteiger partial charge on any atom is 0.486 e. The topological polar surface area (TPSA) is 169 Å². The predicted octanol–water partition coefficient (Wildman–Crippen LogP) is 7.58. The first kappa shape index (κ1) is 51.3. The van der Waals surface area contributed by atoms with E-state index in [0.29, 0.717) is 61.3 Å². The minimum atomic E-state index is -1.77. The third kappa shape index (κ3) is 13.7. The van der Waals surface area contributed by atoms with Crippen LogP contribution in [-0.2, 0) is 27.7 Å². The Kier molecular flexibility index (Phi) is 17.1. The summed E-state index contributed by atoms with van der Waals surface area (Å²) in [5, 5.41) is 0.417. The van der Waals surface area contributed by atoms with Crippen molar-refractivity contribution in [3.63, 3.8) is 0 Å². The van der Waals surface area contributed by atoms with Gasteiger partial charge in [0.05, 0.1) is 41.9 Å². The highest BCUT2D eigenvalue weighted by atomic mass is 79.9. The zero-order valence-electron chi connectivity index (χ0n) is 38.9. The fourth-order valence-electron chi connectivity index (χ4n) is 5.36. The summed E-state index contributed by atoms with van der Waals surface area (Å²) in [5.41, 5.74) is -0.318. The highest BCUT2D eigenvalue weighted by Gasteiger charge is 2.50. The Balaban J connectivity index is 0.000000248. The van der Waals surface area contributed by atoms with Crippen LogP contribution in [0.3, 0.4) is 0 Å². The van der Waals surface area contributed by atoms with Gasteiger partial charge in [-0.1, -0.05) is 59.7 Å². The van der Waals surface area contributed by atoms with Gasteiger partial charge in [-0.2, -0.15) is 0 Å². The van der Waals surface area contributed by atoms with Crippen LogP contribution in [0.25, 0.3) is 6.08 Å². The summed E-state index contributed by atoms with van der Waals surface area (Å²) < 4.78 is 24.6. The Hall–Kier alpha value is -3.00. The molecule has 18 heteroatoms. The molecular formula is C42H70BBrN6O8Si2. The van der Waals surface area contributed by atoms with Crippen molar-refractivity contribution in [2.24, 2.45) is 11.8 Å². The van der Waals surface area contributed by atoms with Crippen LogP contribution in [0.2, 0.25) is 36.3 Å². The highest BCUT2D eigenvalue weighted by molar-refractivity contribution is 9.10. The molecule has 3 aliphatic heterocycles. The largest absolute Gasteiger partial charge is 0.486 e. The van der Waals surface area contributed by atoms with Crippen LogP contribution in [0.4, 0.5) is 11.6 Å². The van der Waals surface area contributed by atoms with Crippen molar-refractivity contribution in [3.8, 4) is 0 Å². The Bertz CT molecular complexity index is 1960. The molecule has 5 rings (SSSR count). The lowest BCUT2D eigenvalue weighted by molar-refractivity contribution is -0.122. The Morgan fingerprint density at radius 3 is 1.60 bits per heavy atom. The Morgan fingerprint density at radius 2 is 1.18 bits per heavy atom. The number of carbonyl (C=O) groups is 2. The molecule has 60 heavy (non-hydrogen) atoms. The molecule has 0 radical (unpaired) electrons. The number of hydrogen-bond donors (Lipinski definition) is 2. The third-order valence-electron chi connectivity index (χ3n) is 12.6. The second-order valence-corrected chi connectivity index (χ2v) is 30.3. The van der Waals surface area contributed by atoms with E-state index in [-0.39, 0.29) is 62.9 Å². The number of aromatic nitrogens is 4. The van der Waals surface area contributed by atoms with Gasteiger partial charge >= 0.3 is 7.12 Å². The van der Waals surface area contributed by atoms with Crippen LogP contribution >= 0.6 is 15.9 Å². The molecule has 3 aliphatic rings. The quantitative estimate of drug-likeness (QED) is 0.201. The van der Waals surface area contributed by atoms with Crippen LogP contribution < -0.4 is 20.9 Å². The first-order valence-corrected chi connectivity index (χ1v) is 27.3. The van der Waals surface area contributed by atoms with Crippen LogP contribution in [0.15, 0.2) is 44.7 Å². The fraction of sp³-hybridized carbons (Fsp3) is 0.667. The summed E-state index contributed by atoms with van der Waals surface area (Å²) in [7, 11) is -3.71. The van der Waals surface area contributed by atoms with Gasteiger partial charge in [0.25, 0.3) is 11.1 Å². The van der Waals surface area contributed by atoms with Crippen molar-refractivity contribution < 1.29 is 27.7 Å². The van der Waals surface area contributed by atoms with Gasteiger partial charge in [0.1, 0.15) is 16.2 Å². The average Bonchev–Trinajstić information content (AvgIpc) is 3.27. The van der Waals surface area contributed by atoms with E-state index in [1.807, 2.05) is 29.1 Å². The number of halogens is 1. The molecule has 0 aromatic carbocycles. The van der Waals surface area contributed by atoms with Crippen molar-refractivity contribution in [1.82, 2.24) is 19.9 Å². The molecule has 0 atom stereocenters. The molecule has 14 nitrogen and oxygen atoms in total. The molecular weight excluding hydrogens is 863 g/mol. The molecule has 0 aliphatic carbocycles. The Labute approximate surface area is 368 Å². The molecule has 2 N–H and O–H groups in total. The predicted molar refractivity (Wildman–Crippen MR) is 251 cm³/mol. The number of H-pyrrole nitrogens is 2. The van der Waals surface area contributed by atoms with Crippen molar-refractivity contribution >= 4 is 69.0 Å². The summed E-state index contributed by atoms with van der Waals surface area (Å²) in [5.74, 6) is 3.10. The van der Waals surface area contributed by atoms with E-state index in [1.54, 1.807) is 24.9 Å². The van der Waals surface area contributed by atoms with Gasteiger partial charge in [-0.25, -0.2) is 9.97 Å². The van der Waals surface area contributed by atoms with Gasteiger partial charge in [-0.05, 0) is 99.8 Å². The van der Waals surface area contributed by atoms with Gasteiger partial charge in [-0.3, -0.25) is 19.2 Å². The lowest BCUT2D eigenvalue weighted by atomic mass is 9.90. The number of rotatable bonds is 12. The van der Waals surface area contributed by atoms with E-state index in [1.165, 1.54) is 6.20 Å². The van der Waals surface area contributed by atoms with Gasteiger partial charge in [0.15, 0.2) is 28.3 Å². The number of Topliss-reactive ketones (excluding diaryl/α,β-unsaturated/α-hetero) is 2. The molecule has 5 heterocycles.